The number of fused-ring (bicyclic) bond motifs is 3. The number of para-hydroxylation sites is 3. The maximum Gasteiger partial charge on any atom is 0.318 e. The van der Waals surface area contributed by atoms with E-state index in [0.717, 1.165) is 44.8 Å². The van der Waals surface area contributed by atoms with Crippen molar-refractivity contribution in [2.45, 2.75) is 26.7 Å². The standard InChI is InChI=1S/C34H36N8O3/c1-5-25-22-13-7-10-16-26(22)38-31(37-25)43-19-34(6-2,20-44-32-39-27-17-11-8-14-23(27)29(35-3)41-32)21-45-33-40-28-18-12-9-15-24(28)30(36-4)42-33/h7-18H,5-6,19-21H2,1-4H3,(H,35,39,41)(H,36,40,42). The first-order valence-electron chi connectivity index (χ1n) is 15.1. The van der Waals surface area contributed by atoms with Crippen molar-refractivity contribution < 1.29 is 14.2 Å². The highest BCUT2D eigenvalue weighted by Gasteiger charge is 2.34. The molecule has 6 rings (SSSR count). The zero-order chi connectivity index (χ0) is 31.2. The molecule has 0 unspecified atom stereocenters. The van der Waals surface area contributed by atoms with Crippen molar-refractivity contribution in [1.82, 2.24) is 29.9 Å². The largest absolute Gasteiger partial charge is 0.463 e. The van der Waals surface area contributed by atoms with Crippen LogP contribution in [-0.2, 0) is 6.42 Å². The Bertz CT molecular complexity index is 1730. The van der Waals surface area contributed by atoms with Gasteiger partial charge in [0.25, 0.3) is 0 Å². The molecule has 11 nitrogen and oxygen atoms in total. The van der Waals surface area contributed by atoms with Crippen molar-refractivity contribution in [1.29, 1.82) is 0 Å². The second kappa shape index (κ2) is 13.1. The average Bonchev–Trinajstić information content (AvgIpc) is 3.10. The van der Waals surface area contributed by atoms with Gasteiger partial charge < -0.3 is 24.8 Å². The summed E-state index contributed by atoms with van der Waals surface area (Å²) in [5, 5.41) is 9.13. The van der Waals surface area contributed by atoms with Crippen LogP contribution in [0.4, 0.5) is 11.6 Å². The first kappa shape index (κ1) is 29.7. The van der Waals surface area contributed by atoms with Gasteiger partial charge >= 0.3 is 18.0 Å². The van der Waals surface area contributed by atoms with E-state index in [2.05, 4.69) is 44.4 Å². The second-order valence-corrected chi connectivity index (χ2v) is 10.8. The van der Waals surface area contributed by atoms with Crippen LogP contribution in [0.5, 0.6) is 18.0 Å². The maximum absolute atomic E-state index is 6.33. The minimum absolute atomic E-state index is 0.200. The van der Waals surface area contributed by atoms with E-state index in [0.29, 0.717) is 24.1 Å². The van der Waals surface area contributed by atoms with Crippen molar-refractivity contribution in [3.8, 4) is 18.0 Å². The lowest BCUT2D eigenvalue weighted by Crippen LogP contribution is -2.40. The molecule has 0 saturated heterocycles. The molecule has 0 radical (unpaired) electrons. The van der Waals surface area contributed by atoms with Crippen LogP contribution in [0.3, 0.4) is 0 Å². The number of nitrogens with one attached hydrogen (secondary N) is 2. The Morgan fingerprint density at radius 2 is 0.933 bits per heavy atom. The van der Waals surface area contributed by atoms with Gasteiger partial charge in [-0.05, 0) is 43.2 Å². The molecule has 6 aromatic rings. The fourth-order valence-corrected chi connectivity index (χ4v) is 5.16. The number of benzene rings is 3. The Kier molecular flexibility index (Phi) is 8.68. The van der Waals surface area contributed by atoms with Crippen LogP contribution < -0.4 is 24.8 Å². The van der Waals surface area contributed by atoms with Crippen LogP contribution in [0.1, 0.15) is 26.0 Å². The van der Waals surface area contributed by atoms with Gasteiger partial charge in [-0.3, -0.25) is 0 Å². The first-order valence-corrected chi connectivity index (χ1v) is 15.1. The molecule has 3 aromatic heterocycles. The number of ether oxygens (including phenoxy) is 3. The van der Waals surface area contributed by atoms with Gasteiger partial charge in [0.2, 0.25) is 0 Å². The fraction of sp³-hybridized carbons (Fsp3) is 0.294. The third-order valence-electron chi connectivity index (χ3n) is 7.91. The number of aryl methyl sites for hydroxylation is 1. The monoisotopic (exact) mass is 604 g/mol. The molecule has 230 valence electrons. The molecule has 2 N–H and O–H groups in total. The van der Waals surface area contributed by atoms with Crippen molar-refractivity contribution in [2.75, 3.05) is 44.5 Å². The molecule has 0 aliphatic heterocycles. The molecule has 0 spiro atoms. The van der Waals surface area contributed by atoms with Gasteiger partial charge in [-0.25, -0.2) is 0 Å². The molecule has 0 amide bonds. The first-order chi connectivity index (χ1) is 22.0. The number of anilines is 2. The van der Waals surface area contributed by atoms with Crippen LogP contribution in [0.2, 0.25) is 0 Å². The van der Waals surface area contributed by atoms with Gasteiger partial charge in [-0.15, -0.1) is 0 Å². The van der Waals surface area contributed by atoms with Gasteiger partial charge in [0, 0.05) is 30.3 Å². The van der Waals surface area contributed by atoms with Gasteiger partial charge in [0.15, 0.2) is 0 Å². The van der Waals surface area contributed by atoms with Crippen LogP contribution in [0, 0.1) is 5.41 Å². The lowest BCUT2D eigenvalue weighted by Gasteiger charge is -2.31. The molecular weight excluding hydrogens is 568 g/mol. The molecule has 0 saturated carbocycles. The van der Waals surface area contributed by atoms with Crippen molar-refractivity contribution in [2.24, 2.45) is 5.41 Å². The molecule has 3 heterocycles. The average molecular weight is 605 g/mol. The Labute approximate surface area is 261 Å². The van der Waals surface area contributed by atoms with E-state index in [4.69, 9.17) is 24.2 Å². The van der Waals surface area contributed by atoms with E-state index in [1.807, 2.05) is 86.9 Å². The van der Waals surface area contributed by atoms with E-state index >= 15 is 0 Å². The minimum atomic E-state index is -0.662. The van der Waals surface area contributed by atoms with E-state index in [1.54, 1.807) is 0 Å². The third-order valence-corrected chi connectivity index (χ3v) is 7.91. The Morgan fingerprint density at radius 3 is 1.36 bits per heavy atom. The van der Waals surface area contributed by atoms with E-state index in [1.165, 1.54) is 0 Å². The summed E-state index contributed by atoms with van der Waals surface area (Å²) >= 11 is 0. The summed E-state index contributed by atoms with van der Waals surface area (Å²) < 4.78 is 18.9. The summed E-state index contributed by atoms with van der Waals surface area (Å²) in [7, 11) is 3.65. The second-order valence-electron chi connectivity index (χ2n) is 10.8. The smallest absolute Gasteiger partial charge is 0.318 e. The van der Waals surface area contributed by atoms with Crippen molar-refractivity contribution >= 4 is 44.3 Å². The fourth-order valence-electron chi connectivity index (χ4n) is 5.16. The lowest BCUT2D eigenvalue weighted by atomic mass is 9.88. The minimum Gasteiger partial charge on any atom is -0.463 e. The van der Waals surface area contributed by atoms with Crippen LogP contribution in [-0.4, -0.2) is 63.8 Å². The molecule has 45 heavy (non-hydrogen) atoms. The highest BCUT2D eigenvalue weighted by Crippen LogP contribution is 2.30. The Hall–Kier alpha value is -5.32. The summed E-state index contributed by atoms with van der Waals surface area (Å²) in [5.74, 6) is 1.37. The molecule has 0 atom stereocenters. The van der Waals surface area contributed by atoms with Crippen LogP contribution >= 0.6 is 0 Å². The molecule has 11 heteroatoms. The summed E-state index contributed by atoms with van der Waals surface area (Å²) in [6, 6.07) is 24.4. The predicted octanol–water partition coefficient (Wildman–Crippen LogP) is 6.10. The van der Waals surface area contributed by atoms with Crippen molar-refractivity contribution in [3.63, 3.8) is 0 Å². The molecule has 0 aliphatic rings. The third kappa shape index (κ3) is 6.33. The molecule has 0 bridgehead atoms. The number of aromatic nitrogens is 6. The Balaban J connectivity index is 1.30. The van der Waals surface area contributed by atoms with Crippen LogP contribution in [0.25, 0.3) is 32.7 Å². The molecule has 0 fully saturated rings. The summed E-state index contributed by atoms with van der Waals surface area (Å²) in [6.07, 6.45) is 1.39. The zero-order valence-corrected chi connectivity index (χ0v) is 25.9. The summed E-state index contributed by atoms with van der Waals surface area (Å²) in [4.78, 5) is 28.0. The van der Waals surface area contributed by atoms with Crippen LogP contribution in [0.15, 0.2) is 72.8 Å². The summed E-state index contributed by atoms with van der Waals surface area (Å²) in [6.45, 7) is 4.75. The van der Waals surface area contributed by atoms with E-state index in [9.17, 15) is 0 Å². The van der Waals surface area contributed by atoms with Crippen molar-refractivity contribution in [3.05, 3.63) is 78.5 Å². The zero-order valence-electron chi connectivity index (χ0n) is 25.9. The van der Waals surface area contributed by atoms with Gasteiger partial charge in [-0.1, -0.05) is 56.3 Å². The molecule has 0 aliphatic carbocycles. The predicted molar refractivity (Wildman–Crippen MR) is 176 cm³/mol. The van der Waals surface area contributed by atoms with Gasteiger partial charge in [-0.2, -0.15) is 29.9 Å². The molecular formula is C34H36N8O3. The Morgan fingerprint density at radius 1 is 0.533 bits per heavy atom. The number of hydrogen-bond acceptors (Lipinski definition) is 11. The number of hydrogen-bond donors (Lipinski definition) is 2. The molecule has 3 aromatic carbocycles. The maximum atomic E-state index is 6.33. The van der Waals surface area contributed by atoms with Gasteiger partial charge in [0.05, 0.1) is 27.7 Å². The highest BCUT2D eigenvalue weighted by atomic mass is 16.5. The SMILES string of the molecule is CCc1nc(OCC(CC)(COc2nc(NC)c3ccccc3n2)COc2nc(NC)c3ccccc3n2)nc2ccccc12. The highest BCUT2D eigenvalue weighted by molar-refractivity contribution is 5.90. The van der Waals surface area contributed by atoms with E-state index in [-0.39, 0.29) is 31.8 Å². The topological polar surface area (TPSA) is 129 Å². The van der Waals surface area contributed by atoms with Gasteiger partial charge in [0.1, 0.15) is 31.5 Å². The number of nitrogens with zero attached hydrogens (tertiary/aromatic N) is 6. The lowest BCUT2D eigenvalue weighted by molar-refractivity contribution is 0.0207. The number of rotatable bonds is 13. The normalized spacial score (nSPS) is 11.6. The quantitative estimate of drug-likeness (QED) is 0.159. The van der Waals surface area contributed by atoms with E-state index < -0.39 is 5.41 Å². The summed E-state index contributed by atoms with van der Waals surface area (Å²) in [5.41, 5.74) is 2.66.